The molecule has 4 aromatic rings. The number of nitrogens with zero attached hydrogens (tertiary/aromatic N) is 3. The Labute approximate surface area is 241 Å². The van der Waals surface area contributed by atoms with Gasteiger partial charge in [0, 0.05) is 23.5 Å². The summed E-state index contributed by atoms with van der Waals surface area (Å²) in [5, 5.41) is 4.30. The molecule has 1 aliphatic rings. The van der Waals surface area contributed by atoms with E-state index in [1.807, 2.05) is 0 Å². The summed E-state index contributed by atoms with van der Waals surface area (Å²) in [6, 6.07) is 16.3. The number of halogens is 4. The van der Waals surface area contributed by atoms with Crippen LogP contribution in [0.2, 0.25) is 5.02 Å². The fourth-order valence-corrected chi connectivity index (χ4v) is 6.33. The minimum absolute atomic E-state index is 0.00992. The third-order valence-corrected chi connectivity index (χ3v) is 8.84. The van der Waals surface area contributed by atoms with Crippen LogP contribution in [0.15, 0.2) is 82.7 Å². The molecular weight excluding hydrogens is 601 g/mol. The van der Waals surface area contributed by atoms with Gasteiger partial charge in [0.2, 0.25) is 10.0 Å². The van der Waals surface area contributed by atoms with Crippen LogP contribution in [0.25, 0.3) is 17.0 Å². The predicted octanol–water partition coefficient (Wildman–Crippen LogP) is 5.77. The molecule has 1 aliphatic heterocycles. The van der Waals surface area contributed by atoms with Crippen LogP contribution in [0.1, 0.15) is 16.7 Å². The number of nitrogens with one attached hydrogen (secondary N) is 1. The number of sulfonamides is 1. The lowest BCUT2D eigenvalue weighted by Crippen LogP contribution is -2.37. The highest BCUT2D eigenvalue weighted by molar-refractivity contribution is 8.18. The average molecular weight is 621 g/mol. The topological polar surface area (TPSA) is 101 Å². The quantitative estimate of drug-likeness (QED) is 0.251. The number of hydrogen-bond acceptors (Lipinski definition) is 6. The molecule has 41 heavy (non-hydrogen) atoms. The van der Waals surface area contributed by atoms with Crippen LogP contribution in [0, 0.1) is 0 Å². The number of aromatic nitrogens is 2. The molecule has 1 fully saturated rings. The highest BCUT2D eigenvalue weighted by atomic mass is 35.5. The summed E-state index contributed by atoms with van der Waals surface area (Å²) in [5.41, 5.74) is 0.323. The maximum atomic E-state index is 13.5. The Hall–Kier alpha value is -3.65. The Morgan fingerprint density at radius 3 is 2.51 bits per heavy atom. The van der Waals surface area contributed by atoms with Gasteiger partial charge in [-0.1, -0.05) is 41.9 Å². The van der Waals surface area contributed by atoms with Gasteiger partial charge < -0.3 is 0 Å². The fraction of sp³-hybridized carbons (Fsp3) is 0.148. The Kier molecular flexibility index (Phi) is 7.97. The van der Waals surface area contributed by atoms with Crippen molar-refractivity contribution in [3.05, 3.63) is 99.5 Å². The maximum Gasteiger partial charge on any atom is 0.416 e. The first-order valence-electron chi connectivity index (χ1n) is 12.0. The van der Waals surface area contributed by atoms with Gasteiger partial charge in [-0.2, -0.15) is 18.3 Å². The minimum atomic E-state index is -4.58. The van der Waals surface area contributed by atoms with Crippen molar-refractivity contribution in [2.75, 3.05) is 13.1 Å². The van der Waals surface area contributed by atoms with Crippen molar-refractivity contribution in [2.45, 2.75) is 17.6 Å². The predicted molar refractivity (Wildman–Crippen MR) is 150 cm³/mol. The minimum Gasteiger partial charge on any atom is -0.268 e. The van der Waals surface area contributed by atoms with E-state index in [0.717, 1.165) is 22.7 Å². The summed E-state index contributed by atoms with van der Waals surface area (Å²) in [6.45, 7) is -0.441. The Bertz CT molecular complexity index is 1790. The number of alkyl halides is 3. The molecule has 1 N–H and O–H groups in total. The zero-order valence-electron chi connectivity index (χ0n) is 20.9. The SMILES string of the molecule is O=C1SC(=Cc2ccc3c(cnn3Cc3ccc(Cl)cc3C(F)(F)F)c2)C(=O)N1CCNS(=O)(=O)c1ccccc1. The Morgan fingerprint density at radius 2 is 1.78 bits per heavy atom. The highest BCUT2D eigenvalue weighted by Gasteiger charge is 2.35. The third-order valence-electron chi connectivity index (χ3n) is 6.22. The lowest BCUT2D eigenvalue weighted by Gasteiger charge is -2.14. The van der Waals surface area contributed by atoms with Crippen LogP contribution < -0.4 is 4.72 Å². The van der Waals surface area contributed by atoms with Gasteiger partial charge in [0.25, 0.3) is 11.1 Å². The van der Waals surface area contributed by atoms with E-state index in [9.17, 15) is 31.2 Å². The van der Waals surface area contributed by atoms with E-state index in [2.05, 4.69) is 9.82 Å². The van der Waals surface area contributed by atoms with Crippen molar-refractivity contribution in [1.29, 1.82) is 0 Å². The number of benzene rings is 3. The maximum absolute atomic E-state index is 13.5. The molecular formula is C27H20ClF3N4O4S2. The number of amides is 2. The van der Waals surface area contributed by atoms with Crippen molar-refractivity contribution in [3.63, 3.8) is 0 Å². The molecule has 0 aliphatic carbocycles. The molecule has 8 nitrogen and oxygen atoms in total. The van der Waals surface area contributed by atoms with Gasteiger partial charge in [0.1, 0.15) is 0 Å². The van der Waals surface area contributed by atoms with E-state index in [-0.39, 0.29) is 40.0 Å². The second-order valence-corrected chi connectivity index (χ2v) is 12.2. The second-order valence-electron chi connectivity index (χ2n) is 8.96. The highest BCUT2D eigenvalue weighted by Crippen LogP contribution is 2.35. The monoisotopic (exact) mass is 620 g/mol. The summed E-state index contributed by atoms with van der Waals surface area (Å²) >= 11 is 6.51. The largest absolute Gasteiger partial charge is 0.416 e. The molecule has 0 bridgehead atoms. The smallest absolute Gasteiger partial charge is 0.268 e. The second kappa shape index (κ2) is 11.3. The number of imide groups is 1. The van der Waals surface area contributed by atoms with Crippen LogP contribution >= 0.6 is 23.4 Å². The molecule has 2 heterocycles. The van der Waals surface area contributed by atoms with Crippen molar-refractivity contribution >= 4 is 61.5 Å². The van der Waals surface area contributed by atoms with Crippen LogP contribution in [0.5, 0.6) is 0 Å². The van der Waals surface area contributed by atoms with Gasteiger partial charge in [-0.3, -0.25) is 19.2 Å². The van der Waals surface area contributed by atoms with Crippen molar-refractivity contribution in [2.24, 2.45) is 0 Å². The standard InChI is InChI=1S/C27H20ClF3N4O4S2/c28-20-8-7-18(22(14-20)27(29,30)31)16-35-23-9-6-17(12-19(23)15-32-35)13-24-25(36)34(26(37)40-24)11-10-33-41(38,39)21-4-2-1-3-5-21/h1-9,12-15,33H,10-11,16H2. The molecule has 2 amide bonds. The zero-order chi connectivity index (χ0) is 29.4. The fourth-order valence-electron chi connectivity index (χ4n) is 4.25. The normalized spacial score (nSPS) is 15.4. The van der Waals surface area contributed by atoms with Crippen molar-refractivity contribution in [1.82, 2.24) is 19.4 Å². The summed E-state index contributed by atoms with van der Waals surface area (Å²) in [4.78, 5) is 26.5. The van der Waals surface area contributed by atoms with Crippen molar-refractivity contribution in [3.8, 4) is 0 Å². The van der Waals surface area contributed by atoms with E-state index >= 15 is 0 Å². The lowest BCUT2D eigenvalue weighted by molar-refractivity contribution is -0.138. The third kappa shape index (κ3) is 6.32. The number of rotatable bonds is 8. The van der Waals surface area contributed by atoms with E-state index in [0.29, 0.717) is 16.5 Å². The molecule has 3 aromatic carbocycles. The van der Waals surface area contributed by atoms with Crippen molar-refractivity contribution < 1.29 is 31.2 Å². The molecule has 1 aromatic heterocycles. The summed E-state index contributed by atoms with van der Waals surface area (Å²) < 4.78 is 69.1. The van der Waals surface area contributed by atoms with E-state index < -0.39 is 32.9 Å². The molecule has 0 atom stereocenters. The number of fused-ring (bicyclic) bond motifs is 1. The van der Waals surface area contributed by atoms with Crippen LogP contribution in [-0.2, 0) is 27.5 Å². The molecule has 14 heteroatoms. The number of thioether (sulfide) groups is 1. The van der Waals surface area contributed by atoms with E-state index in [1.165, 1.54) is 41.2 Å². The first kappa shape index (κ1) is 28.9. The molecule has 0 saturated carbocycles. The van der Waals surface area contributed by atoms with Crippen LogP contribution in [0.4, 0.5) is 18.0 Å². The zero-order valence-corrected chi connectivity index (χ0v) is 23.3. The lowest BCUT2D eigenvalue weighted by atomic mass is 10.1. The van der Waals surface area contributed by atoms with Gasteiger partial charge in [0.05, 0.1) is 33.6 Å². The van der Waals surface area contributed by atoms with Crippen LogP contribution in [0.3, 0.4) is 0 Å². The molecule has 1 saturated heterocycles. The number of carbonyl (C=O) groups excluding carboxylic acids is 2. The Balaban J connectivity index is 1.29. The first-order valence-corrected chi connectivity index (χ1v) is 14.7. The Morgan fingerprint density at radius 1 is 1.02 bits per heavy atom. The first-order chi connectivity index (χ1) is 19.4. The summed E-state index contributed by atoms with van der Waals surface area (Å²) in [6.07, 6.45) is -1.55. The average Bonchev–Trinajstić information content (AvgIpc) is 3.44. The van der Waals surface area contributed by atoms with E-state index in [1.54, 1.807) is 36.4 Å². The van der Waals surface area contributed by atoms with Gasteiger partial charge in [-0.25, -0.2) is 13.1 Å². The van der Waals surface area contributed by atoms with Gasteiger partial charge in [-0.05, 0) is 65.4 Å². The van der Waals surface area contributed by atoms with Crippen LogP contribution in [-0.4, -0.2) is 47.3 Å². The number of hydrogen-bond donors (Lipinski definition) is 1. The van der Waals surface area contributed by atoms with E-state index in [4.69, 9.17) is 11.6 Å². The molecule has 0 radical (unpaired) electrons. The van der Waals surface area contributed by atoms with Gasteiger partial charge in [0.15, 0.2) is 0 Å². The molecule has 0 unspecified atom stereocenters. The molecule has 5 rings (SSSR count). The molecule has 0 spiro atoms. The van der Waals surface area contributed by atoms with Gasteiger partial charge >= 0.3 is 6.18 Å². The molecule has 212 valence electrons. The van der Waals surface area contributed by atoms with Gasteiger partial charge in [-0.15, -0.1) is 0 Å². The number of carbonyl (C=O) groups is 2. The summed E-state index contributed by atoms with van der Waals surface area (Å²) in [7, 11) is -3.79. The summed E-state index contributed by atoms with van der Waals surface area (Å²) in [5.74, 6) is -0.558.